The molecule has 2 aromatic rings. The Morgan fingerprint density at radius 3 is 2.67 bits per heavy atom. The molecule has 0 saturated carbocycles. The molecule has 0 spiro atoms. The lowest BCUT2D eigenvalue weighted by Gasteiger charge is -1.98. The molecule has 0 aliphatic heterocycles. The molecule has 15 heavy (non-hydrogen) atoms. The van der Waals surface area contributed by atoms with Gasteiger partial charge in [0.05, 0.1) is 17.3 Å². The zero-order valence-corrected chi connectivity index (χ0v) is 8.45. The first-order valence-electron chi connectivity index (χ1n) is 4.02. The number of methoxy groups -OCH3 is 1. The maximum Gasteiger partial charge on any atom is 0.443 e. The van der Waals surface area contributed by atoms with Gasteiger partial charge in [0, 0.05) is 0 Å². The first kappa shape index (κ1) is 10.2. The summed E-state index contributed by atoms with van der Waals surface area (Å²) in [4.78, 5) is 3.50. The molecular weight excluding hydrogens is 227 g/mol. The van der Waals surface area contributed by atoms with Crippen molar-refractivity contribution in [2.45, 2.75) is 6.18 Å². The summed E-state index contributed by atoms with van der Waals surface area (Å²) in [5.74, 6) is 0.528. The lowest BCUT2D eigenvalue weighted by Crippen LogP contribution is -2.03. The Labute approximate surface area is 87.3 Å². The SMILES string of the molecule is COc1ccc2nc(C(F)(F)F)sc2c1. The van der Waals surface area contributed by atoms with Crippen molar-refractivity contribution in [2.24, 2.45) is 0 Å². The molecule has 0 saturated heterocycles. The van der Waals surface area contributed by atoms with Gasteiger partial charge in [0.1, 0.15) is 5.75 Å². The molecule has 0 atom stereocenters. The fourth-order valence-electron chi connectivity index (χ4n) is 1.15. The summed E-state index contributed by atoms with van der Waals surface area (Å²) < 4.78 is 42.4. The van der Waals surface area contributed by atoms with Gasteiger partial charge in [-0.2, -0.15) is 13.2 Å². The fourth-order valence-corrected chi connectivity index (χ4v) is 2.01. The second kappa shape index (κ2) is 3.37. The molecule has 0 N–H and O–H groups in total. The summed E-state index contributed by atoms with van der Waals surface area (Å²) >= 11 is 0.618. The van der Waals surface area contributed by atoms with E-state index in [0.717, 1.165) is 0 Å². The standard InChI is InChI=1S/C9H6F3NOS/c1-14-5-2-3-6-7(4-5)15-8(13-6)9(10,11)12/h2-4H,1H3. The highest BCUT2D eigenvalue weighted by molar-refractivity contribution is 7.18. The van der Waals surface area contributed by atoms with Gasteiger partial charge in [-0.15, -0.1) is 11.3 Å². The number of aromatic nitrogens is 1. The lowest BCUT2D eigenvalue weighted by molar-refractivity contribution is -0.137. The van der Waals surface area contributed by atoms with Crippen LogP contribution < -0.4 is 4.74 Å². The zero-order valence-electron chi connectivity index (χ0n) is 7.63. The Morgan fingerprint density at radius 1 is 1.33 bits per heavy atom. The van der Waals surface area contributed by atoms with Crippen molar-refractivity contribution < 1.29 is 17.9 Å². The van der Waals surface area contributed by atoms with Crippen LogP contribution in [0.1, 0.15) is 5.01 Å². The minimum absolute atomic E-state index is 0.341. The van der Waals surface area contributed by atoms with Gasteiger partial charge in [-0.1, -0.05) is 0 Å². The van der Waals surface area contributed by atoms with Gasteiger partial charge < -0.3 is 4.74 Å². The molecule has 0 unspecified atom stereocenters. The van der Waals surface area contributed by atoms with Gasteiger partial charge >= 0.3 is 6.18 Å². The van der Waals surface area contributed by atoms with Crippen LogP contribution in [0.3, 0.4) is 0 Å². The molecule has 0 amide bonds. The van der Waals surface area contributed by atoms with E-state index in [4.69, 9.17) is 4.74 Å². The first-order chi connectivity index (χ1) is 7.00. The Morgan fingerprint density at radius 2 is 2.07 bits per heavy atom. The van der Waals surface area contributed by atoms with Crippen LogP contribution in [-0.4, -0.2) is 12.1 Å². The van der Waals surface area contributed by atoms with Crippen molar-refractivity contribution in [2.75, 3.05) is 7.11 Å². The third-order valence-electron chi connectivity index (χ3n) is 1.84. The topological polar surface area (TPSA) is 22.1 Å². The third-order valence-corrected chi connectivity index (χ3v) is 2.90. The predicted molar refractivity (Wildman–Crippen MR) is 51.2 cm³/mol. The number of hydrogen-bond donors (Lipinski definition) is 0. The average molecular weight is 233 g/mol. The van der Waals surface area contributed by atoms with Gasteiger partial charge in [0.15, 0.2) is 5.01 Å². The zero-order chi connectivity index (χ0) is 11.1. The van der Waals surface area contributed by atoms with E-state index in [1.807, 2.05) is 0 Å². The summed E-state index contributed by atoms with van der Waals surface area (Å²) in [6.07, 6.45) is -4.38. The van der Waals surface area contributed by atoms with Gasteiger partial charge in [0.25, 0.3) is 0 Å². The normalized spacial score (nSPS) is 12.0. The quantitative estimate of drug-likeness (QED) is 0.753. The van der Waals surface area contributed by atoms with Gasteiger partial charge in [-0.25, -0.2) is 4.98 Å². The van der Waals surface area contributed by atoms with Crippen LogP contribution in [0, 0.1) is 0 Å². The maximum atomic E-state index is 12.3. The lowest BCUT2D eigenvalue weighted by atomic mass is 10.3. The summed E-state index contributed by atoms with van der Waals surface area (Å²) in [6, 6.07) is 4.64. The van der Waals surface area contributed by atoms with Crippen LogP contribution in [0.15, 0.2) is 18.2 Å². The molecule has 0 bridgehead atoms. The summed E-state index contributed by atoms with van der Waals surface area (Å²) in [7, 11) is 1.47. The van der Waals surface area contributed by atoms with Crippen LogP contribution in [0.25, 0.3) is 10.2 Å². The number of fused-ring (bicyclic) bond motifs is 1. The molecule has 80 valence electrons. The maximum absolute atomic E-state index is 12.3. The van der Waals surface area contributed by atoms with Crippen molar-refractivity contribution in [3.8, 4) is 5.75 Å². The van der Waals surface area contributed by atoms with Crippen molar-refractivity contribution in [1.82, 2.24) is 4.98 Å². The van der Waals surface area contributed by atoms with E-state index in [-0.39, 0.29) is 0 Å². The Kier molecular flexibility index (Phi) is 2.30. The van der Waals surface area contributed by atoms with Crippen molar-refractivity contribution in [3.05, 3.63) is 23.2 Å². The third kappa shape index (κ3) is 1.90. The van der Waals surface area contributed by atoms with Gasteiger partial charge in [0.2, 0.25) is 0 Å². The van der Waals surface area contributed by atoms with Gasteiger partial charge in [-0.3, -0.25) is 0 Å². The highest BCUT2D eigenvalue weighted by atomic mass is 32.1. The summed E-state index contributed by atoms with van der Waals surface area (Å²) in [5.41, 5.74) is 0.341. The van der Waals surface area contributed by atoms with E-state index in [9.17, 15) is 13.2 Å². The van der Waals surface area contributed by atoms with Crippen LogP contribution in [0.2, 0.25) is 0 Å². The number of rotatable bonds is 1. The number of nitrogens with zero attached hydrogens (tertiary/aromatic N) is 1. The number of alkyl halides is 3. The minimum Gasteiger partial charge on any atom is -0.497 e. The van der Waals surface area contributed by atoms with E-state index < -0.39 is 11.2 Å². The molecule has 1 aromatic carbocycles. The number of hydrogen-bond acceptors (Lipinski definition) is 3. The van der Waals surface area contributed by atoms with Crippen LogP contribution in [0.5, 0.6) is 5.75 Å². The number of thiazole rings is 1. The van der Waals surface area contributed by atoms with Crippen LogP contribution in [0.4, 0.5) is 13.2 Å². The van der Waals surface area contributed by atoms with Crippen molar-refractivity contribution in [3.63, 3.8) is 0 Å². The molecule has 0 aliphatic rings. The van der Waals surface area contributed by atoms with E-state index in [0.29, 0.717) is 27.3 Å². The number of halogens is 3. The molecule has 0 aliphatic carbocycles. The summed E-state index contributed by atoms with van der Waals surface area (Å²) in [5, 5.41) is -0.828. The molecule has 1 aromatic heterocycles. The van der Waals surface area contributed by atoms with E-state index in [1.165, 1.54) is 13.2 Å². The molecule has 2 rings (SSSR count). The predicted octanol–water partition coefficient (Wildman–Crippen LogP) is 3.32. The van der Waals surface area contributed by atoms with E-state index in [2.05, 4.69) is 4.98 Å². The second-order valence-electron chi connectivity index (χ2n) is 2.85. The molecule has 2 nitrogen and oxygen atoms in total. The molecular formula is C9H6F3NOS. The van der Waals surface area contributed by atoms with E-state index >= 15 is 0 Å². The van der Waals surface area contributed by atoms with Crippen LogP contribution >= 0.6 is 11.3 Å². The van der Waals surface area contributed by atoms with Crippen molar-refractivity contribution in [1.29, 1.82) is 0 Å². The smallest absolute Gasteiger partial charge is 0.443 e. The monoisotopic (exact) mass is 233 g/mol. The number of ether oxygens (including phenoxy) is 1. The van der Waals surface area contributed by atoms with Crippen molar-refractivity contribution >= 4 is 21.6 Å². The Hall–Kier alpha value is -1.30. The van der Waals surface area contributed by atoms with E-state index in [1.54, 1.807) is 12.1 Å². The molecule has 1 heterocycles. The molecule has 0 radical (unpaired) electrons. The Balaban J connectivity index is 2.56. The van der Waals surface area contributed by atoms with Crippen LogP contribution in [-0.2, 0) is 6.18 Å². The molecule has 6 heteroatoms. The summed E-state index contributed by atoms with van der Waals surface area (Å²) in [6.45, 7) is 0. The number of benzene rings is 1. The first-order valence-corrected chi connectivity index (χ1v) is 4.84. The largest absolute Gasteiger partial charge is 0.497 e. The highest BCUT2D eigenvalue weighted by Crippen LogP contribution is 2.36. The van der Waals surface area contributed by atoms with Gasteiger partial charge in [-0.05, 0) is 18.2 Å². The molecule has 0 fully saturated rings. The second-order valence-corrected chi connectivity index (χ2v) is 3.88. The highest BCUT2D eigenvalue weighted by Gasteiger charge is 2.34. The average Bonchev–Trinajstić information content (AvgIpc) is 2.59. The Bertz CT molecular complexity index is 492. The fraction of sp³-hybridized carbons (Fsp3) is 0.222. The minimum atomic E-state index is -4.38.